The molecule has 2 unspecified atom stereocenters. The number of rotatable bonds is 1. The maximum absolute atomic E-state index is 12.4. The maximum atomic E-state index is 12.4. The molecular weight excluding hydrogens is 252 g/mol. The van der Waals surface area contributed by atoms with Crippen LogP contribution in [0.3, 0.4) is 0 Å². The molecule has 0 aromatic carbocycles. The van der Waals surface area contributed by atoms with Crippen molar-refractivity contribution in [2.75, 3.05) is 13.1 Å². The van der Waals surface area contributed by atoms with E-state index in [1.54, 1.807) is 18.9 Å². The van der Waals surface area contributed by atoms with Crippen LogP contribution in [-0.4, -0.2) is 40.7 Å². The Morgan fingerprint density at radius 1 is 1.33 bits per heavy atom. The third-order valence-corrected chi connectivity index (χ3v) is 4.32. The van der Waals surface area contributed by atoms with Crippen LogP contribution in [0.1, 0.15) is 29.2 Å². The zero-order chi connectivity index (χ0) is 13.4. The smallest absolute Gasteiger partial charge is 0.307 e. The highest BCUT2D eigenvalue weighted by Crippen LogP contribution is 2.18. The molecule has 2 rings (SSSR count). The number of aromatic nitrogens is 1. The van der Waals surface area contributed by atoms with Crippen LogP contribution in [0.5, 0.6) is 0 Å². The predicted octanol–water partition coefficient (Wildman–Crippen LogP) is 1.00. The number of hydrogen-bond donors (Lipinski definition) is 0. The van der Waals surface area contributed by atoms with Gasteiger partial charge in [-0.15, -0.1) is 0 Å². The van der Waals surface area contributed by atoms with E-state index in [-0.39, 0.29) is 23.0 Å². The average Bonchev–Trinajstić information content (AvgIpc) is 2.55. The second kappa shape index (κ2) is 4.85. The molecule has 1 aromatic rings. The fraction of sp³-hybridized carbons (Fsp3) is 0.667. The van der Waals surface area contributed by atoms with Gasteiger partial charge in [0.15, 0.2) is 0 Å². The Hall–Kier alpha value is -1.14. The molecule has 1 aliphatic rings. The summed E-state index contributed by atoms with van der Waals surface area (Å²) in [4.78, 5) is 26.2. The third-order valence-electron chi connectivity index (χ3n) is 3.20. The Bertz CT molecular complexity index is 510. The van der Waals surface area contributed by atoms with E-state index in [1.807, 2.05) is 13.8 Å². The standard InChI is InChI=1S/C12H18N2O3S/c1-7-5-14(6-8(2)17-7)11(15)10-9(3)13(4)12(16)18-10/h7-8H,5-6H2,1-4H3. The Balaban J connectivity index is 2.25. The van der Waals surface area contributed by atoms with Gasteiger partial charge in [-0.2, -0.15) is 0 Å². The van der Waals surface area contributed by atoms with Gasteiger partial charge in [0.1, 0.15) is 4.88 Å². The highest BCUT2D eigenvalue weighted by atomic mass is 32.1. The normalized spacial score (nSPS) is 24.3. The summed E-state index contributed by atoms with van der Waals surface area (Å²) in [6.07, 6.45) is 0.0804. The van der Waals surface area contributed by atoms with Gasteiger partial charge in [-0.25, -0.2) is 0 Å². The topological polar surface area (TPSA) is 51.5 Å². The van der Waals surface area contributed by atoms with E-state index in [0.717, 1.165) is 17.0 Å². The molecule has 0 saturated carbocycles. The number of amides is 1. The van der Waals surface area contributed by atoms with Crippen LogP contribution < -0.4 is 4.87 Å². The van der Waals surface area contributed by atoms with E-state index in [1.165, 1.54) is 4.57 Å². The quantitative estimate of drug-likeness (QED) is 0.765. The van der Waals surface area contributed by atoms with E-state index in [9.17, 15) is 9.59 Å². The van der Waals surface area contributed by atoms with Crippen LogP contribution in [-0.2, 0) is 11.8 Å². The largest absolute Gasteiger partial charge is 0.372 e. The number of carbonyl (C=O) groups is 1. The van der Waals surface area contributed by atoms with Crippen molar-refractivity contribution in [2.45, 2.75) is 33.0 Å². The summed E-state index contributed by atoms with van der Waals surface area (Å²) in [5.74, 6) is -0.0581. The van der Waals surface area contributed by atoms with Crippen molar-refractivity contribution < 1.29 is 9.53 Å². The number of ether oxygens (including phenoxy) is 1. The van der Waals surface area contributed by atoms with Gasteiger partial charge >= 0.3 is 4.87 Å². The lowest BCUT2D eigenvalue weighted by atomic mass is 10.2. The molecule has 1 aliphatic heterocycles. The second-order valence-electron chi connectivity index (χ2n) is 4.81. The first-order valence-electron chi connectivity index (χ1n) is 6.01. The summed E-state index contributed by atoms with van der Waals surface area (Å²) >= 11 is 1.02. The van der Waals surface area contributed by atoms with Gasteiger partial charge in [0.2, 0.25) is 0 Å². The number of carbonyl (C=O) groups excluding carboxylic acids is 1. The van der Waals surface area contributed by atoms with Crippen molar-refractivity contribution in [3.05, 3.63) is 20.2 Å². The van der Waals surface area contributed by atoms with E-state index in [4.69, 9.17) is 4.74 Å². The zero-order valence-electron chi connectivity index (χ0n) is 11.1. The van der Waals surface area contributed by atoms with E-state index < -0.39 is 0 Å². The van der Waals surface area contributed by atoms with Gasteiger partial charge in [0, 0.05) is 25.8 Å². The minimum Gasteiger partial charge on any atom is -0.372 e. The van der Waals surface area contributed by atoms with Crippen LogP contribution in [0.2, 0.25) is 0 Å². The first-order valence-corrected chi connectivity index (χ1v) is 6.83. The lowest BCUT2D eigenvalue weighted by Gasteiger charge is -2.35. The van der Waals surface area contributed by atoms with Crippen molar-refractivity contribution in [3.63, 3.8) is 0 Å². The second-order valence-corrected chi connectivity index (χ2v) is 5.77. The minimum absolute atomic E-state index is 0.0402. The monoisotopic (exact) mass is 270 g/mol. The van der Waals surface area contributed by atoms with E-state index in [2.05, 4.69) is 0 Å². The summed E-state index contributed by atoms with van der Waals surface area (Å²) in [6.45, 7) is 6.88. The lowest BCUT2D eigenvalue weighted by molar-refractivity contribution is -0.0585. The van der Waals surface area contributed by atoms with Crippen molar-refractivity contribution >= 4 is 17.2 Å². The lowest BCUT2D eigenvalue weighted by Crippen LogP contribution is -2.48. The molecule has 2 heterocycles. The average molecular weight is 270 g/mol. The first-order chi connectivity index (χ1) is 8.40. The van der Waals surface area contributed by atoms with Gasteiger partial charge in [0.05, 0.1) is 12.2 Å². The van der Waals surface area contributed by atoms with E-state index in [0.29, 0.717) is 18.0 Å². The molecule has 5 nitrogen and oxygen atoms in total. The van der Waals surface area contributed by atoms with Gasteiger partial charge in [-0.05, 0) is 20.8 Å². The highest BCUT2D eigenvalue weighted by Gasteiger charge is 2.29. The molecule has 0 spiro atoms. The molecule has 100 valence electrons. The summed E-state index contributed by atoms with van der Waals surface area (Å²) in [7, 11) is 1.69. The minimum atomic E-state index is -0.0924. The van der Waals surface area contributed by atoms with Gasteiger partial charge in [-0.3, -0.25) is 9.59 Å². The highest BCUT2D eigenvalue weighted by molar-refractivity contribution is 7.11. The summed E-state index contributed by atoms with van der Waals surface area (Å²) in [5, 5.41) is 0. The Morgan fingerprint density at radius 2 is 1.89 bits per heavy atom. The van der Waals surface area contributed by atoms with E-state index >= 15 is 0 Å². The van der Waals surface area contributed by atoms with Crippen LogP contribution in [0, 0.1) is 6.92 Å². The molecule has 0 N–H and O–H groups in total. The Kier molecular flexibility index (Phi) is 3.59. The molecule has 0 radical (unpaired) electrons. The number of morpholine rings is 1. The first kappa shape index (κ1) is 13.3. The Morgan fingerprint density at radius 3 is 2.33 bits per heavy atom. The third kappa shape index (κ3) is 2.35. The molecule has 1 fully saturated rings. The van der Waals surface area contributed by atoms with Crippen molar-refractivity contribution in [3.8, 4) is 0 Å². The summed E-state index contributed by atoms with van der Waals surface area (Å²) in [5.41, 5.74) is 0.738. The predicted molar refractivity (Wildman–Crippen MR) is 70.2 cm³/mol. The number of nitrogens with zero attached hydrogens (tertiary/aromatic N) is 2. The SMILES string of the molecule is Cc1c(C(=O)N2CC(C)OC(C)C2)sc(=O)n1C. The molecule has 18 heavy (non-hydrogen) atoms. The molecule has 2 atom stereocenters. The summed E-state index contributed by atoms with van der Waals surface area (Å²) < 4.78 is 7.12. The molecule has 6 heteroatoms. The van der Waals surface area contributed by atoms with Crippen LogP contribution in [0.25, 0.3) is 0 Å². The van der Waals surface area contributed by atoms with Crippen LogP contribution >= 0.6 is 11.3 Å². The summed E-state index contributed by atoms with van der Waals surface area (Å²) in [6, 6.07) is 0. The van der Waals surface area contributed by atoms with Crippen LogP contribution in [0.15, 0.2) is 4.79 Å². The Labute approximate surface area is 110 Å². The van der Waals surface area contributed by atoms with Crippen LogP contribution in [0.4, 0.5) is 0 Å². The van der Waals surface area contributed by atoms with Gasteiger partial charge in [-0.1, -0.05) is 11.3 Å². The molecule has 0 bridgehead atoms. The fourth-order valence-electron chi connectivity index (χ4n) is 2.20. The van der Waals surface area contributed by atoms with Crippen molar-refractivity contribution in [1.29, 1.82) is 0 Å². The number of hydrogen-bond acceptors (Lipinski definition) is 4. The molecule has 1 amide bonds. The number of thiazole rings is 1. The van der Waals surface area contributed by atoms with Gasteiger partial charge in [0.25, 0.3) is 5.91 Å². The molecule has 1 aromatic heterocycles. The maximum Gasteiger partial charge on any atom is 0.307 e. The fourth-order valence-corrected chi connectivity index (χ4v) is 3.15. The molecular formula is C12H18N2O3S. The molecule has 0 aliphatic carbocycles. The van der Waals surface area contributed by atoms with Gasteiger partial charge < -0.3 is 14.2 Å². The van der Waals surface area contributed by atoms with Crippen molar-refractivity contribution in [2.24, 2.45) is 7.05 Å². The molecule has 1 saturated heterocycles. The van der Waals surface area contributed by atoms with Crippen molar-refractivity contribution in [1.82, 2.24) is 9.47 Å². The zero-order valence-corrected chi connectivity index (χ0v) is 11.9.